The molecular weight excluding hydrogens is 384 g/mol. The molecule has 0 radical (unpaired) electrons. The number of unbranched alkanes of at least 4 members (excludes halogenated alkanes) is 10. The molecule has 0 fully saturated rings. The topological polar surface area (TPSA) is 107 Å². The summed E-state index contributed by atoms with van der Waals surface area (Å²) in [5.41, 5.74) is 0. The smallest absolute Gasteiger partial charge is 0.331 e. The molecule has 0 unspecified atom stereocenters. The summed E-state index contributed by atoms with van der Waals surface area (Å²) in [6.07, 6.45) is 15.3. The van der Waals surface area contributed by atoms with Gasteiger partial charge in [0.2, 0.25) is 0 Å². The fraction of sp³-hybridized carbons (Fsp3) is 0.800. The molecule has 0 aromatic heterocycles. The molecule has 0 saturated carbocycles. The van der Waals surface area contributed by atoms with Crippen molar-refractivity contribution in [3.63, 3.8) is 0 Å². The van der Waals surface area contributed by atoms with E-state index in [1.54, 1.807) is 0 Å². The van der Waals surface area contributed by atoms with Crippen LogP contribution in [0.2, 0.25) is 0 Å². The van der Waals surface area contributed by atoms with E-state index in [2.05, 4.69) is 6.92 Å². The number of rotatable bonds is 18. The molecule has 0 heterocycles. The molecule has 28 heavy (non-hydrogen) atoms. The minimum Gasteiger partial charge on any atom is -0.463 e. The SMILES string of the molecule is CCCCCCCCCCCCCOC(=O)/C=C\C(=O)OCCCS(=O)(=O)O. The van der Waals surface area contributed by atoms with Gasteiger partial charge >= 0.3 is 11.9 Å². The van der Waals surface area contributed by atoms with Crippen LogP contribution in [-0.2, 0) is 29.2 Å². The maximum atomic E-state index is 11.5. The van der Waals surface area contributed by atoms with E-state index < -0.39 is 27.8 Å². The molecule has 0 spiro atoms. The molecule has 0 rings (SSSR count). The third kappa shape index (κ3) is 20.9. The van der Waals surface area contributed by atoms with Crippen LogP contribution in [0.1, 0.15) is 84.0 Å². The molecule has 0 atom stereocenters. The van der Waals surface area contributed by atoms with E-state index >= 15 is 0 Å². The first-order valence-corrected chi connectivity index (χ1v) is 11.9. The van der Waals surface area contributed by atoms with Crippen LogP contribution in [0.5, 0.6) is 0 Å². The summed E-state index contributed by atoms with van der Waals surface area (Å²) in [6, 6.07) is 0. The molecule has 0 aromatic rings. The van der Waals surface area contributed by atoms with Gasteiger partial charge in [0, 0.05) is 12.2 Å². The summed E-state index contributed by atoms with van der Waals surface area (Å²) >= 11 is 0. The molecule has 0 aliphatic carbocycles. The molecule has 8 heteroatoms. The van der Waals surface area contributed by atoms with Gasteiger partial charge in [0.1, 0.15) is 0 Å². The lowest BCUT2D eigenvalue weighted by Gasteiger charge is -2.03. The highest BCUT2D eigenvalue weighted by Crippen LogP contribution is 2.11. The summed E-state index contributed by atoms with van der Waals surface area (Å²) in [5, 5.41) is 0. The highest BCUT2D eigenvalue weighted by atomic mass is 32.2. The zero-order chi connectivity index (χ0) is 21.1. The van der Waals surface area contributed by atoms with Gasteiger partial charge in [0.15, 0.2) is 0 Å². The van der Waals surface area contributed by atoms with Crippen LogP contribution in [-0.4, -0.2) is 43.9 Å². The lowest BCUT2D eigenvalue weighted by atomic mass is 10.1. The van der Waals surface area contributed by atoms with Crippen LogP contribution in [0.4, 0.5) is 0 Å². The molecule has 7 nitrogen and oxygen atoms in total. The fourth-order valence-electron chi connectivity index (χ4n) is 2.59. The minimum atomic E-state index is -4.06. The average molecular weight is 421 g/mol. The van der Waals surface area contributed by atoms with E-state index in [4.69, 9.17) is 14.0 Å². The van der Waals surface area contributed by atoms with Crippen molar-refractivity contribution in [3.8, 4) is 0 Å². The van der Waals surface area contributed by atoms with Crippen LogP contribution < -0.4 is 0 Å². The second-order valence-corrected chi connectivity index (χ2v) is 8.42. The van der Waals surface area contributed by atoms with Crippen molar-refractivity contribution in [3.05, 3.63) is 12.2 Å². The summed E-state index contributed by atoms with van der Waals surface area (Å²) in [6.45, 7) is 2.39. The Morgan fingerprint density at radius 2 is 1.11 bits per heavy atom. The summed E-state index contributed by atoms with van der Waals surface area (Å²) in [4.78, 5) is 22.8. The number of esters is 2. The Hall–Kier alpha value is -1.41. The monoisotopic (exact) mass is 420 g/mol. The Kier molecular flexibility index (Phi) is 16.8. The Balaban J connectivity index is 3.49. The first-order valence-electron chi connectivity index (χ1n) is 10.3. The summed E-state index contributed by atoms with van der Waals surface area (Å²) in [7, 11) is -4.06. The zero-order valence-electron chi connectivity index (χ0n) is 17.1. The molecule has 0 bridgehead atoms. The van der Waals surface area contributed by atoms with E-state index in [9.17, 15) is 18.0 Å². The maximum absolute atomic E-state index is 11.5. The lowest BCUT2D eigenvalue weighted by molar-refractivity contribution is -0.140. The second kappa shape index (κ2) is 17.7. The van der Waals surface area contributed by atoms with Gasteiger partial charge in [-0.25, -0.2) is 9.59 Å². The Labute approximate surface area is 169 Å². The number of hydrogen-bond acceptors (Lipinski definition) is 6. The zero-order valence-corrected chi connectivity index (χ0v) is 17.9. The van der Waals surface area contributed by atoms with E-state index in [0.717, 1.165) is 31.4 Å². The van der Waals surface area contributed by atoms with Crippen molar-refractivity contribution in [2.75, 3.05) is 19.0 Å². The maximum Gasteiger partial charge on any atom is 0.331 e. The summed E-state index contributed by atoms with van der Waals surface area (Å²) < 4.78 is 39.2. The van der Waals surface area contributed by atoms with E-state index in [-0.39, 0.29) is 13.0 Å². The van der Waals surface area contributed by atoms with Gasteiger partial charge in [0.25, 0.3) is 10.1 Å². The quantitative estimate of drug-likeness (QED) is 0.153. The molecule has 164 valence electrons. The highest BCUT2D eigenvalue weighted by molar-refractivity contribution is 7.85. The van der Waals surface area contributed by atoms with Crippen LogP contribution in [0.25, 0.3) is 0 Å². The normalized spacial score (nSPS) is 11.6. The number of carbonyl (C=O) groups excluding carboxylic acids is 2. The standard InChI is InChI=1S/C20H36O7S/c1-2-3-4-5-6-7-8-9-10-11-12-16-26-19(21)14-15-20(22)27-17-13-18-28(23,24)25/h14-15H,2-13,16-18H2,1H3,(H,23,24,25)/b15-14-. The first kappa shape index (κ1) is 26.6. The van der Waals surface area contributed by atoms with Crippen molar-refractivity contribution in [1.82, 2.24) is 0 Å². The van der Waals surface area contributed by atoms with Gasteiger partial charge in [-0.2, -0.15) is 8.42 Å². The van der Waals surface area contributed by atoms with Crippen molar-refractivity contribution in [2.45, 2.75) is 84.0 Å². The third-order valence-electron chi connectivity index (χ3n) is 4.14. The van der Waals surface area contributed by atoms with E-state index in [1.165, 1.54) is 51.4 Å². The second-order valence-electron chi connectivity index (χ2n) is 6.84. The summed E-state index contributed by atoms with van der Waals surface area (Å²) in [5.74, 6) is -1.85. The Bertz CT molecular complexity index is 541. The van der Waals surface area contributed by atoms with Crippen LogP contribution in [0.15, 0.2) is 12.2 Å². The molecule has 0 saturated heterocycles. The van der Waals surface area contributed by atoms with Crippen molar-refractivity contribution < 1.29 is 32.0 Å². The number of hydrogen-bond donors (Lipinski definition) is 1. The van der Waals surface area contributed by atoms with Gasteiger partial charge in [-0.15, -0.1) is 0 Å². The Morgan fingerprint density at radius 1 is 0.714 bits per heavy atom. The molecule has 1 N–H and O–H groups in total. The average Bonchev–Trinajstić information content (AvgIpc) is 2.63. The number of carbonyl (C=O) groups is 2. The van der Waals surface area contributed by atoms with Crippen LogP contribution in [0, 0.1) is 0 Å². The van der Waals surface area contributed by atoms with Crippen molar-refractivity contribution in [2.24, 2.45) is 0 Å². The number of ether oxygens (including phenoxy) is 2. The molecule has 0 amide bonds. The van der Waals surface area contributed by atoms with E-state index in [0.29, 0.717) is 6.61 Å². The molecule has 0 aliphatic rings. The molecule has 0 aliphatic heterocycles. The molecular formula is C20H36O7S. The van der Waals surface area contributed by atoms with Gasteiger partial charge in [-0.3, -0.25) is 4.55 Å². The fourth-order valence-corrected chi connectivity index (χ4v) is 3.07. The minimum absolute atomic E-state index is 0.0122. The highest BCUT2D eigenvalue weighted by Gasteiger charge is 2.05. The van der Waals surface area contributed by atoms with Crippen molar-refractivity contribution in [1.29, 1.82) is 0 Å². The molecule has 0 aromatic carbocycles. The van der Waals surface area contributed by atoms with Gasteiger partial charge in [-0.05, 0) is 12.8 Å². The third-order valence-corrected chi connectivity index (χ3v) is 4.94. The van der Waals surface area contributed by atoms with Crippen LogP contribution >= 0.6 is 0 Å². The van der Waals surface area contributed by atoms with Gasteiger partial charge in [0.05, 0.1) is 19.0 Å². The van der Waals surface area contributed by atoms with E-state index in [1.807, 2.05) is 0 Å². The van der Waals surface area contributed by atoms with Gasteiger partial charge in [-0.1, -0.05) is 71.1 Å². The predicted molar refractivity (Wildman–Crippen MR) is 109 cm³/mol. The Morgan fingerprint density at radius 3 is 1.54 bits per heavy atom. The largest absolute Gasteiger partial charge is 0.463 e. The van der Waals surface area contributed by atoms with Crippen molar-refractivity contribution >= 4 is 22.1 Å². The predicted octanol–water partition coefficient (Wildman–Crippen LogP) is 4.22. The lowest BCUT2D eigenvalue weighted by Crippen LogP contribution is -2.10. The van der Waals surface area contributed by atoms with Gasteiger partial charge < -0.3 is 9.47 Å². The first-order chi connectivity index (χ1) is 13.3. The van der Waals surface area contributed by atoms with Crippen LogP contribution in [0.3, 0.4) is 0 Å².